The molecule has 11 heteroatoms. The Morgan fingerprint density at radius 1 is 1.12 bits per heavy atom. The molecular formula is C22H19N7O4. The van der Waals surface area contributed by atoms with Crippen molar-refractivity contribution in [2.45, 2.75) is 6.61 Å². The smallest absolute Gasteiger partial charge is 0.269 e. The number of anilines is 2. The van der Waals surface area contributed by atoms with Crippen LogP contribution >= 0.6 is 0 Å². The number of nitrogens with zero attached hydrogens (tertiary/aromatic N) is 6. The van der Waals surface area contributed by atoms with Gasteiger partial charge in [0.2, 0.25) is 0 Å². The maximum Gasteiger partial charge on any atom is 0.269 e. The Balaban J connectivity index is 1.43. The van der Waals surface area contributed by atoms with E-state index in [2.05, 4.69) is 25.9 Å². The van der Waals surface area contributed by atoms with Gasteiger partial charge in [-0.25, -0.2) is 0 Å². The van der Waals surface area contributed by atoms with Crippen molar-refractivity contribution in [3.05, 3.63) is 94.0 Å². The van der Waals surface area contributed by atoms with Gasteiger partial charge in [-0.05, 0) is 46.3 Å². The van der Waals surface area contributed by atoms with Gasteiger partial charge in [-0.2, -0.15) is 5.10 Å². The highest BCUT2D eigenvalue weighted by atomic mass is 16.6. The highest BCUT2D eigenvalue weighted by Gasteiger charge is 2.08. The lowest BCUT2D eigenvalue weighted by molar-refractivity contribution is -0.384. The molecule has 4 rings (SSSR count). The highest BCUT2D eigenvalue weighted by molar-refractivity contribution is 5.80. The third-order valence-corrected chi connectivity index (χ3v) is 4.55. The van der Waals surface area contributed by atoms with Crippen LogP contribution in [0.2, 0.25) is 0 Å². The lowest BCUT2D eigenvalue weighted by Gasteiger charge is -2.11. The van der Waals surface area contributed by atoms with Gasteiger partial charge >= 0.3 is 0 Å². The normalized spacial score (nSPS) is 10.8. The molecule has 0 aliphatic rings. The minimum Gasteiger partial charge on any atom is -0.496 e. The summed E-state index contributed by atoms with van der Waals surface area (Å²) in [5.41, 5.74) is 2.42. The van der Waals surface area contributed by atoms with E-state index in [1.54, 1.807) is 25.5 Å². The number of benzene rings is 3. The number of methoxy groups -OCH3 is 1. The molecule has 0 amide bonds. The van der Waals surface area contributed by atoms with E-state index in [4.69, 9.17) is 9.47 Å². The van der Waals surface area contributed by atoms with Crippen LogP contribution in [0.15, 0.2) is 77.9 Å². The van der Waals surface area contributed by atoms with Crippen LogP contribution in [0.1, 0.15) is 11.1 Å². The number of hydrogen-bond donors (Lipinski definition) is 1. The summed E-state index contributed by atoms with van der Waals surface area (Å²) in [5.74, 6) is 1.50. The van der Waals surface area contributed by atoms with Crippen molar-refractivity contribution in [1.82, 2.24) is 20.3 Å². The molecule has 0 bridgehead atoms. The van der Waals surface area contributed by atoms with Crippen LogP contribution in [0.3, 0.4) is 0 Å². The van der Waals surface area contributed by atoms with Crippen LogP contribution in [0.25, 0.3) is 0 Å². The van der Waals surface area contributed by atoms with Crippen molar-refractivity contribution in [3.63, 3.8) is 0 Å². The first-order valence-corrected chi connectivity index (χ1v) is 9.81. The number of nitro benzene ring substituents is 1. The number of rotatable bonds is 9. The summed E-state index contributed by atoms with van der Waals surface area (Å²) in [7, 11) is 1.56. The molecule has 1 heterocycles. The molecule has 1 N–H and O–H groups in total. The van der Waals surface area contributed by atoms with E-state index < -0.39 is 4.92 Å². The van der Waals surface area contributed by atoms with E-state index in [1.807, 2.05) is 48.5 Å². The Kier molecular flexibility index (Phi) is 6.50. The monoisotopic (exact) mass is 445 g/mol. The van der Waals surface area contributed by atoms with Crippen molar-refractivity contribution in [3.8, 4) is 11.5 Å². The summed E-state index contributed by atoms with van der Waals surface area (Å²) >= 11 is 0. The summed E-state index contributed by atoms with van der Waals surface area (Å²) in [4.78, 5) is 11.6. The van der Waals surface area contributed by atoms with Crippen molar-refractivity contribution in [1.29, 1.82) is 0 Å². The Morgan fingerprint density at radius 3 is 2.64 bits per heavy atom. The number of aromatic nitrogens is 4. The molecule has 0 atom stereocenters. The second kappa shape index (κ2) is 10.0. The fourth-order valence-corrected chi connectivity index (χ4v) is 2.89. The van der Waals surface area contributed by atoms with Crippen LogP contribution in [0.4, 0.5) is 17.3 Å². The van der Waals surface area contributed by atoms with E-state index in [1.165, 1.54) is 16.9 Å². The van der Waals surface area contributed by atoms with Crippen molar-refractivity contribution >= 4 is 23.5 Å². The first-order chi connectivity index (χ1) is 16.1. The van der Waals surface area contributed by atoms with Gasteiger partial charge in [0.05, 0.1) is 18.2 Å². The fraction of sp³-hybridized carbons (Fsp3) is 0.0909. The Morgan fingerprint density at radius 2 is 1.91 bits per heavy atom. The van der Waals surface area contributed by atoms with Crippen LogP contribution < -0.4 is 14.8 Å². The Labute approximate surface area is 188 Å². The van der Waals surface area contributed by atoms with E-state index in [0.29, 0.717) is 17.4 Å². The molecular weight excluding hydrogens is 426 g/mol. The van der Waals surface area contributed by atoms with Crippen molar-refractivity contribution in [2.24, 2.45) is 5.10 Å². The van der Waals surface area contributed by atoms with Gasteiger partial charge in [0.15, 0.2) is 0 Å². The topological polar surface area (TPSA) is 130 Å². The summed E-state index contributed by atoms with van der Waals surface area (Å²) in [6, 6.07) is 20.9. The number of hydrogen-bond acceptors (Lipinski definition) is 9. The summed E-state index contributed by atoms with van der Waals surface area (Å²) in [5, 5.41) is 29.6. The molecule has 11 nitrogen and oxygen atoms in total. The number of para-hydroxylation sites is 1. The highest BCUT2D eigenvalue weighted by Crippen LogP contribution is 2.23. The third kappa shape index (κ3) is 5.47. The molecule has 3 aromatic carbocycles. The minimum atomic E-state index is -0.455. The van der Waals surface area contributed by atoms with Crippen LogP contribution in [-0.2, 0) is 6.61 Å². The number of nitrogens with one attached hydrogen (secondary N) is 1. The molecule has 33 heavy (non-hydrogen) atoms. The Bertz CT molecular complexity index is 1260. The van der Waals surface area contributed by atoms with Gasteiger partial charge in [0.1, 0.15) is 18.1 Å². The number of ether oxygens (including phenoxy) is 2. The first kappa shape index (κ1) is 21.4. The van der Waals surface area contributed by atoms with Crippen molar-refractivity contribution < 1.29 is 14.4 Å². The van der Waals surface area contributed by atoms with Crippen molar-refractivity contribution in [2.75, 3.05) is 12.4 Å². The number of nitro groups is 1. The Hall–Kier alpha value is -4.80. The number of non-ortho nitro benzene ring substituents is 1. The molecule has 0 spiro atoms. The lowest BCUT2D eigenvalue weighted by atomic mass is 10.1. The second-order valence-corrected chi connectivity index (χ2v) is 6.74. The summed E-state index contributed by atoms with van der Waals surface area (Å²) in [6.45, 7) is 0.233. The fourth-order valence-electron chi connectivity index (χ4n) is 2.89. The molecule has 0 aliphatic carbocycles. The van der Waals surface area contributed by atoms with Crippen LogP contribution in [0.5, 0.6) is 11.5 Å². The zero-order chi connectivity index (χ0) is 23.0. The average molecular weight is 445 g/mol. The van der Waals surface area contributed by atoms with Gasteiger partial charge in [-0.1, -0.05) is 40.2 Å². The van der Waals surface area contributed by atoms with E-state index in [0.717, 1.165) is 16.8 Å². The van der Waals surface area contributed by atoms with Gasteiger partial charge in [-0.15, -0.1) is 0 Å². The maximum atomic E-state index is 10.8. The first-order valence-electron chi connectivity index (χ1n) is 9.81. The standard InChI is InChI=1S/C22H19N7O4/c1-32-21-13-16(7-8-17(21)15-33-20-11-9-19(10-12-20)29(30)31)14-23-28-22(25-26-27-28)24-18-5-3-2-4-6-18/h2-14H,15H2,1H3,(H,24,25,27). The maximum absolute atomic E-state index is 10.8. The van der Waals surface area contributed by atoms with Gasteiger partial charge < -0.3 is 14.8 Å². The molecule has 0 unspecified atom stereocenters. The van der Waals surface area contributed by atoms with E-state index >= 15 is 0 Å². The zero-order valence-electron chi connectivity index (χ0n) is 17.5. The van der Waals surface area contributed by atoms with E-state index in [-0.39, 0.29) is 12.3 Å². The minimum absolute atomic E-state index is 0.00767. The largest absolute Gasteiger partial charge is 0.496 e. The summed E-state index contributed by atoms with van der Waals surface area (Å²) < 4.78 is 11.2. The lowest BCUT2D eigenvalue weighted by Crippen LogP contribution is -2.02. The molecule has 4 aromatic rings. The molecule has 166 valence electrons. The predicted molar refractivity (Wildman–Crippen MR) is 121 cm³/mol. The molecule has 0 fully saturated rings. The quantitative estimate of drug-likeness (QED) is 0.234. The molecule has 0 saturated carbocycles. The molecule has 0 radical (unpaired) electrons. The molecule has 0 saturated heterocycles. The summed E-state index contributed by atoms with van der Waals surface area (Å²) in [6.07, 6.45) is 1.61. The van der Waals surface area contributed by atoms with E-state index in [9.17, 15) is 10.1 Å². The molecule has 0 aliphatic heterocycles. The van der Waals surface area contributed by atoms with Crippen LogP contribution in [0, 0.1) is 10.1 Å². The third-order valence-electron chi connectivity index (χ3n) is 4.55. The second-order valence-electron chi connectivity index (χ2n) is 6.74. The SMILES string of the molecule is COc1cc(C=Nn2nnnc2Nc2ccccc2)ccc1COc1ccc([N+](=O)[O-])cc1. The van der Waals surface area contributed by atoms with Gasteiger partial charge in [0.25, 0.3) is 11.6 Å². The average Bonchev–Trinajstić information content (AvgIpc) is 3.29. The predicted octanol–water partition coefficient (Wildman–Crippen LogP) is 3.79. The van der Waals surface area contributed by atoms with Crippen LogP contribution in [-0.4, -0.2) is 38.6 Å². The zero-order valence-corrected chi connectivity index (χ0v) is 17.5. The number of tetrazole rings is 1. The van der Waals surface area contributed by atoms with Gasteiger partial charge in [0, 0.05) is 23.4 Å². The molecule has 1 aromatic heterocycles. The van der Waals surface area contributed by atoms with Gasteiger partial charge in [-0.3, -0.25) is 10.1 Å².